The molecule has 0 aromatic heterocycles. The van der Waals surface area contributed by atoms with Gasteiger partial charge in [-0.1, -0.05) is 27.7 Å². The van der Waals surface area contributed by atoms with E-state index in [1.807, 2.05) is 0 Å². The van der Waals surface area contributed by atoms with Crippen LogP contribution < -0.4 is 5.32 Å². The molecule has 0 bridgehead atoms. The van der Waals surface area contributed by atoms with E-state index in [2.05, 4.69) is 33.0 Å². The molecule has 1 aliphatic carbocycles. The minimum atomic E-state index is 0.399. The van der Waals surface area contributed by atoms with Crippen molar-refractivity contribution in [2.45, 2.75) is 53.1 Å². The van der Waals surface area contributed by atoms with Crippen molar-refractivity contribution in [3.8, 4) is 0 Å². The Bertz CT molecular complexity index is 247. The smallest absolute Gasteiger partial charge is 0.0674 e. The van der Waals surface area contributed by atoms with Crippen LogP contribution in [0.25, 0.3) is 0 Å². The highest BCUT2D eigenvalue weighted by Gasteiger charge is 2.52. The highest BCUT2D eigenvalue weighted by atomic mass is 16.5. The van der Waals surface area contributed by atoms with E-state index < -0.39 is 0 Å². The molecule has 0 aromatic carbocycles. The molecule has 17 heavy (non-hydrogen) atoms. The maximum absolute atomic E-state index is 6.07. The quantitative estimate of drug-likeness (QED) is 0.769. The molecule has 1 aliphatic heterocycles. The summed E-state index contributed by atoms with van der Waals surface area (Å²) >= 11 is 0. The molecule has 2 rings (SSSR count). The zero-order chi connectivity index (χ0) is 12.5. The summed E-state index contributed by atoms with van der Waals surface area (Å²) in [4.78, 5) is 0. The molecular formula is C15H29NO. The third-order valence-corrected chi connectivity index (χ3v) is 4.64. The first kappa shape index (κ1) is 13.4. The van der Waals surface area contributed by atoms with Crippen molar-refractivity contribution >= 4 is 0 Å². The van der Waals surface area contributed by atoms with E-state index in [0.717, 1.165) is 37.5 Å². The van der Waals surface area contributed by atoms with Crippen molar-refractivity contribution in [1.29, 1.82) is 0 Å². The fourth-order valence-corrected chi connectivity index (χ4v) is 3.29. The van der Waals surface area contributed by atoms with E-state index in [0.29, 0.717) is 11.5 Å². The Morgan fingerprint density at radius 1 is 1.24 bits per heavy atom. The Kier molecular flexibility index (Phi) is 4.14. The lowest BCUT2D eigenvalue weighted by Crippen LogP contribution is -2.46. The predicted molar refractivity (Wildman–Crippen MR) is 72.1 cm³/mol. The van der Waals surface area contributed by atoms with Gasteiger partial charge in [0, 0.05) is 18.6 Å². The number of rotatable bonds is 6. The van der Waals surface area contributed by atoms with Crippen molar-refractivity contribution in [2.24, 2.45) is 23.2 Å². The summed E-state index contributed by atoms with van der Waals surface area (Å²) in [7, 11) is 0. The molecule has 1 heterocycles. The van der Waals surface area contributed by atoms with Gasteiger partial charge in [0.1, 0.15) is 0 Å². The van der Waals surface area contributed by atoms with E-state index in [1.54, 1.807) is 0 Å². The molecular weight excluding hydrogens is 210 g/mol. The van der Waals surface area contributed by atoms with E-state index >= 15 is 0 Å². The van der Waals surface area contributed by atoms with Crippen LogP contribution in [0.15, 0.2) is 0 Å². The van der Waals surface area contributed by atoms with Crippen LogP contribution in [0, 0.1) is 23.2 Å². The zero-order valence-electron chi connectivity index (χ0n) is 12.0. The summed E-state index contributed by atoms with van der Waals surface area (Å²) in [5, 5.41) is 3.68. The second kappa shape index (κ2) is 5.27. The third-order valence-electron chi connectivity index (χ3n) is 4.64. The van der Waals surface area contributed by atoms with Crippen LogP contribution in [-0.4, -0.2) is 25.8 Å². The number of nitrogens with one attached hydrogen (secondary N) is 1. The Morgan fingerprint density at radius 2 is 1.94 bits per heavy atom. The van der Waals surface area contributed by atoms with Crippen LogP contribution in [0.2, 0.25) is 0 Å². The summed E-state index contributed by atoms with van der Waals surface area (Å²) < 4.78 is 6.07. The highest BCUT2D eigenvalue weighted by molar-refractivity contribution is 5.02. The van der Waals surface area contributed by atoms with Gasteiger partial charge in [-0.3, -0.25) is 0 Å². The monoisotopic (exact) mass is 239 g/mol. The average Bonchev–Trinajstić information content (AvgIpc) is 2.99. The van der Waals surface area contributed by atoms with Crippen molar-refractivity contribution in [1.82, 2.24) is 5.32 Å². The second-order valence-corrected chi connectivity index (χ2v) is 6.79. The van der Waals surface area contributed by atoms with Crippen LogP contribution in [-0.2, 0) is 4.74 Å². The van der Waals surface area contributed by atoms with E-state index in [4.69, 9.17) is 4.74 Å². The third kappa shape index (κ3) is 2.85. The minimum absolute atomic E-state index is 0.399. The normalized spacial score (nSPS) is 33.9. The molecule has 2 atom stereocenters. The van der Waals surface area contributed by atoms with Crippen molar-refractivity contribution in [3.05, 3.63) is 0 Å². The Balaban J connectivity index is 1.98. The SMILES string of the molecule is CC(C)CNCC1(C(C)C)CCOC1C1CC1. The number of hydrogen-bond acceptors (Lipinski definition) is 2. The first-order valence-electron chi connectivity index (χ1n) is 7.38. The van der Waals surface area contributed by atoms with E-state index in [-0.39, 0.29) is 0 Å². The molecule has 2 unspecified atom stereocenters. The van der Waals surface area contributed by atoms with Crippen molar-refractivity contribution in [2.75, 3.05) is 19.7 Å². The van der Waals surface area contributed by atoms with E-state index in [1.165, 1.54) is 19.3 Å². The molecule has 1 N–H and O–H groups in total. The lowest BCUT2D eigenvalue weighted by molar-refractivity contribution is 0.00729. The standard InChI is InChI=1S/C15H29NO/c1-11(2)9-16-10-15(12(3)4)7-8-17-14(15)13-5-6-13/h11-14,16H,5-10H2,1-4H3. The molecule has 2 heteroatoms. The summed E-state index contributed by atoms with van der Waals surface area (Å²) in [6, 6.07) is 0. The lowest BCUT2D eigenvalue weighted by Gasteiger charge is -2.38. The molecule has 0 aromatic rings. The summed E-state index contributed by atoms with van der Waals surface area (Å²) in [6.45, 7) is 12.6. The van der Waals surface area contributed by atoms with Gasteiger partial charge < -0.3 is 10.1 Å². The Labute approximate surface area is 107 Å². The lowest BCUT2D eigenvalue weighted by atomic mass is 9.70. The molecule has 2 fully saturated rings. The first-order valence-corrected chi connectivity index (χ1v) is 7.38. The van der Waals surface area contributed by atoms with Gasteiger partial charge in [-0.2, -0.15) is 0 Å². The van der Waals surface area contributed by atoms with Gasteiger partial charge >= 0.3 is 0 Å². The fourth-order valence-electron chi connectivity index (χ4n) is 3.29. The first-order chi connectivity index (χ1) is 8.06. The maximum atomic E-state index is 6.07. The molecule has 0 radical (unpaired) electrons. The van der Waals surface area contributed by atoms with Gasteiger partial charge in [-0.25, -0.2) is 0 Å². The van der Waals surface area contributed by atoms with Crippen molar-refractivity contribution < 1.29 is 4.74 Å². The molecule has 2 aliphatic rings. The van der Waals surface area contributed by atoms with Gasteiger partial charge in [-0.15, -0.1) is 0 Å². The van der Waals surface area contributed by atoms with Crippen LogP contribution in [0.5, 0.6) is 0 Å². The van der Waals surface area contributed by atoms with Crippen LogP contribution in [0.3, 0.4) is 0 Å². The van der Waals surface area contributed by atoms with Crippen LogP contribution in [0.4, 0.5) is 0 Å². The molecule has 1 saturated carbocycles. The average molecular weight is 239 g/mol. The van der Waals surface area contributed by atoms with Crippen molar-refractivity contribution in [3.63, 3.8) is 0 Å². The zero-order valence-corrected chi connectivity index (χ0v) is 12.0. The van der Waals surface area contributed by atoms with Gasteiger partial charge in [0.25, 0.3) is 0 Å². The van der Waals surface area contributed by atoms with Gasteiger partial charge in [0.15, 0.2) is 0 Å². The second-order valence-electron chi connectivity index (χ2n) is 6.79. The van der Waals surface area contributed by atoms with Gasteiger partial charge in [0.2, 0.25) is 0 Å². The predicted octanol–water partition coefficient (Wildman–Crippen LogP) is 3.07. The van der Waals surface area contributed by atoms with Gasteiger partial charge in [0.05, 0.1) is 6.10 Å². The molecule has 0 spiro atoms. The summed E-state index contributed by atoms with van der Waals surface area (Å²) in [5.74, 6) is 2.32. The molecule has 2 nitrogen and oxygen atoms in total. The Morgan fingerprint density at radius 3 is 2.47 bits per heavy atom. The maximum Gasteiger partial charge on any atom is 0.0674 e. The number of hydrogen-bond donors (Lipinski definition) is 1. The van der Waals surface area contributed by atoms with Crippen LogP contribution in [0.1, 0.15) is 47.0 Å². The highest BCUT2D eigenvalue weighted by Crippen LogP contribution is 2.51. The topological polar surface area (TPSA) is 21.3 Å². The largest absolute Gasteiger partial charge is 0.377 e. The van der Waals surface area contributed by atoms with Gasteiger partial charge in [-0.05, 0) is 43.6 Å². The summed E-state index contributed by atoms with van der Waals surface area (Å²) in [5.41, 5.74) is 0.399. The fraction of sp³-hybridized carbons (Fsp3) is 1.00. The number of ether oxygens (including phenoxy) is 1. The minimum Gasteiger partial charge on any atom is -0.377 e. The molecule has 100 valence electrons. The molecule has 1 saturated heterocycles. The molecule has 0 amide bonds. The Hall–Kier alpha value is -0.0800. The van der Waals surface area contributed by atoms with E-state index in [9.17, 15) is 0 Å². The van der Waals surface area contributed by atoms with Crippen LogP contribution >= 0.6 is 0 Å². The summed E-state index contributed by atoms with van der Waals surface area (Å²) in [6.07, 6.45) is 4.56.